The van der Waals surface area contributed by atoms with E-state index in [1.165, 1.54) is 25.7 Å². The van der Waals surface area contributed by atoms with E-state index < -0.39 is 5.82 Å². The van der Waals surface area contributed by atoms with E-state index in [9.17, 15) is 0 Å². The van der Waals surface area contributed by atoms with Crippen molar-refractivity contribution in [2.24, 2.45) is 5.92 Å². The van der Waals surface area contributed by atoms with Gasteiger partial charge in [0, 0.05) is 36.3 Å². The Balaban J connectivity index is 1.23. The number of imidazole rings is 1. The molecule has 0 amide bonds. The fourth-order valence-electron chi connectivity index (χ4n) is 5.37. The van der Waals surface area contributed by atoms with Crippen LogP contribution in [-0.4, -0.2) is 41.7 Å². The van der Waals surface area contributed by atoms with Gasteiger partial charge in [-0.3, -0.25) is 20.1 Å². The summed E-state index contributed by atoms with van der Waals surface area (Å²) in [7, 11) is 0. The predicted molar refractivity (Wildman–Crippen MR) is 147 cm³/mol. The first kappa shape index (κ1) is 23.1. The van der Waals surface area contributed by atoms with E-state index in [0.717, 1.165) is 40.2 Å². The monoisotopic (exact) mass is 524 g/mol. The van der Waals surface area contributed by atoms with Gasteiger partial charge in [0.1, 0.15) is 16.9 Å². The van der Waals surface area contributed by atoms with Crippen LogP contribution in [0.5, 0.6) is 0 Å². The van der Waals surface area contributed by atoms with Crippen LogP contribution >= 0.6 is 11.3 Å². The summed E-state index contributed by atoms with van der Waals surface area (Å²) in [5, 5.41) is 15.3. The lowest BCUT2D eigenvalue weighted by molar-refractivity contribution is 0.489. The Labute approximate surface area is 221 Å². The molecule has 0 aromatic carbocycles. The predicted octanol–water partition coefficient (Wildman–Crippen LogP) is 6.11. The molecule has 8 nitrogen and oxygen atoms in total. The summed E-state index contributed by atoms with van der Waals surface area (Å²) in [4.78, 5) is 21.2. The first-order valence-electron chi connectivity index (χ1n) is 12.8. The number of fused-ring (bicyclic) bond motifs is 2. The van der Waals surface area contributed by atoms with E-state index in [2.05, 4.69) is 40.8 Å². The third kappa shape index (κ3) is 4.15. The van der Waals surface area contributed by atoms with Crippen LogP contribution in [0.4, 0.5) is 4.39 Å². The molecule has 0 bridgehead atoms. The maximum Gasteiger partial charge on any atom is 0.161 e. The second kappa shape index (κ2) is 9.70. The normalized spacial score (nSPS) is 14.2. The number of thiophene rings is 1. The lowest BCUT2D eigenvalue weighted by Crippen LogP contribution is -2.20. The third-order valence-electron chi connectivity index (χ3n) is 7.30. The van der Waals surface area contributed by atoms with Crippen LogP contribution in [0.1, 0.15) is 31.2 Å². The van der Waals surface area contributed by atoms with Gasteiger partial charge in [-0.2, -0.15) is 16.4 Å². The molecule has 3 N–H and O–H groups in total. The molecule has 10 heteroatoms. The van der Waals surface area contributed by atoms with Crippen LogP contribution in [-0.2, 0) is 6.54 Å². The number of hydrogen-bond acceptors (Lipinski definition) is 7. The Morgan fingerprint density at radius 3 is 2.76 bits per heavy atom. The second-order valence-electron chi connectivity index (χ2n) is 9.83. The molecule has 1 saturated carbocycles. The molecule has 0 saturated heterocycles. The van der Waals surface area contributed by atoms with Gasteiger partial charge < -0.3 is 10.3 Å². The van der Waals surface area contributed by atoms with Crippen molar-refractivity contribution >= 4 is 33.3 Å². The SMILES string of the molecule is Fc1c(-c2cncc(CNCC3CCCC3)c2)ncc2[nH]nc(-c3nc4c(-c5ccsc5)cncc4[nH]3)c12. The maximum absolute atomic E-state index is 16.1. The van der Waals surface area contributed by atoms with Crippen molar-refractivity contribution in [2.45, 2.75) is 32.2 Å². The van der Waals surface area contributed by atoms with Crippen LogP contribution in [0.2, 0.25) is 0 Å². The lowest BCUT2D eigenvalue weighted by atomic mass is 10.1. The van der Waals surface area contributed by atoms with Crippen LogP contribution in [0.25, 0.3) is 55.8 Å². The lowest BCUT2D eigenvalue weighted by Gasteiger charge is -2.11. The number of aromatic amines is 2. The third-order valence-corrected chi connectivity index (χ3v) is 7.98. The van der Waals surface area contributed by atoms with Gasteiger partial charge in [0.15, 0.2) is 11.6 Å². The van der Waals surface area contributed by atoms with Crippen molar-refractivity contribution in [3.8, 4) is 33.9 Å². The molecular formula is C28H25FN8S. The van der Waals surface area contributed by atoms with Crippen molar-refractivity contribution in [3.05, 3.63) is 65.3 Å². The number of rotatable bonds is 7. The minimum absolute atomic E-state index is 0.238. The highest BCUT2D eigenvalue weighted by molar-refractivity contribution is 7.08. The van der Waals surface area contributed by atoms with Crippen LogP contribution < -0.4 is 5.32 Å². The van der Waals surface area contributed by atoms with Crippen molar-refractivity contribution in [1.82, 2.24) is 40.4 Å². The topological polar surface area (TPSA) is 108 Å². The Morgan fingerprint density at radius 1 is 1.00 bits per heavy atom. The number of hydrogen-bond donors (Lipinski definition) is 3. The molecule has 1 fully saturated rings. The highest BCUT2D eigenvalue weighted by Crippen LogP contribution is 2.34. The zero-order chi connectivity index (χ0) is 25.5. The Bertz CT molecular complexity index is 1730. The van der Waals surface area contributed by atoms with Gasteiger partial charge in [-0.15, -0.1) is 0 Å². The standard InChI is InChI=1S/C28H25FN8S/c29-24-23-21(14-33-25(24)19-7-17(10-31-11-19)9-30-8-16-3-1-2-4-16)36-37-27(23)28-34-22-13-32-12-20(26(22)35-28)18-5-6-38-15-18/h5-7,10-16,30H,1-4,8-9H2,(H,34,35)(H,36,37). The van der Waals surface area contributed by atoms with Crippen molar-refractivity contribution in [2.75, 3.05) is 6.54 Å². The van der Waals surface area contributed by atoms with E-state index >= 15 is 4.39 Å². The summed E-state index contributed by atoms with van der Waals surface area (Å²) in [6.45, 7) is 1.69. The average molecular weight is 525 g/mol. The summed E-state index contributed by atoms with van der Waals surface area (Å²) >= 11 is 1.61. The van der Waals surface area contributed by atoms with E-state index in [1.54, 1.807) is 36.1 Å². The van der Waals surface area contributed by atoms with E-state index in [4.69, 9.17) is 4.98 Å². The molecule has 0 spiro atoms. The number of halogens is 1. The summed E-state index contributed by atoms with van der Waals surface area (Å²) < 4.78 is 16.1. The van der Waals surface area contributed by atoms with Crippen molar-refractivity contribution in [3.63, 3.8) is 0 Å². The molecule has 0 unspecified atom stereocenters. The average Bonchev–Trinajstić information content (AvgIpc) is 3.75. The molecule has 0 aliphatic heterocycles. The van der Waals surface area contributed by atoms with Crippen molar-refractivity contribution in [1.29, 1.82) is 0 Å². The number of pyridine rings is 3. The number of aromatic nitrogens is 7. The van der Waals surface area contributed by atoms with Gasteiger partial charge in [-0.1, -0.05) is 12.8 Å². The van der Waals surface area contributed by atoms with Crippen LogP contribution in [0.3, 0.4) is 0 Å². The molecule has 6 aromatic rings. The number of nitrogens with zero attached hydrogens (tertiary/aromatic N) is 5. The summed E-state index contributed by atoms with van der Waals surface area (Å²) in [5.41, 5.74) is 6.25. The minimum Gasteiger partial charge on any atom is -0.335 e. The molecule has 0 radical (unpaired) electrons. The number of nitrogens with one attached hydrogen (secondary N) is 3. The highest BCUT2D eigenvalue weighted by atomic mass is 32.1. The van der Waals surface area contributed by atoms with E-state index in [-0.39, 0.29) is 5.69 Å². The van der Waals surface area contributed by atoms with Gasteiger partial charge in [-0.05, 0) is 59.3 Å². The summed E-state index contributed by atoms with van der Waals surface area (Å²) in [5.74, 6) is 0.762. The van der Waals surface area contributed by atoms with Gasteiger partial charge in [0.05, 0.1) is 28.8 Å². The fraction of sp³-hybridized carbons (Fsp3) is 0.250. The Hall–Kier alpha value is -4.02. The van der Waals surface area contributed by atoms with Gasteiger partial charge in [0.2, 0.25) is 0 Å². The zero-order valence-electron chi connectivity index (χ0n) is 20.5. The minimum atomic E-state index is -0.458. The smallest absolute Gasteiger partial charge is 0.161 e. The molecule has 1 aliphatic carbocycles. The Morgan fingerprint density at radius 2 is 1.89 bits per heavy atom. The van der Waals surface area contributed by atoms with E-state index in [1.807, 2.05) is 23.7 Å². The van der Waals surface area contributed by atoms with Gasteiger partial charge in [0.25, 0.3) is 0 Å². The summed E-state index contributed by atoms with van der Waals surface area (Å²) in [6, 6.07) is 3.98. The molecule has 1 aliphatic rings. The van der Waals surface area contributed by atoms with Crippen molar-refractivity contribution < 1.29 is 4.39 Å². The fourth-order valence-corrected chi connectivity index (χ4v) is 6.03. The largest absolute Gasteiger partial charge is 0.335 e. The molecule has 190 valence electrons. The van der Waals surface area contributed by atoms with Crippen LogP contribution in [0.15, 0.2) is 53.9 Å². The molecular weight excluding hydrogens is 499 g/mol. The van der Waals surface area contributed by atoms with Crippen LogP contribution in [0, 0.1) is 11.7 Å². The van der Waals surface area contributed by atoms with E-state index in [0.29, 0.717) is 34.5 Å². The first-order chi connectivity index (χ1) is 18.7. The molecule has 38 heavy (non-hydrogen) atoms. The second-order valence-corrected chi connectivity index (χ2v) is 10.6. The molecule has 0 atom stereocenters. The first-order valence-corrected chi connectivity index (χ1v) is 13.7. The molecule has 6 aromatic heterocycles. The van der Waals surface area contributed by atoms with Gasteiger partial charge in [-0.25, -0.2) is 9.37 Å². The highest BCUT2D eigenvalue weighted by Gasteiger charge is 2.21. The maximum atomic E-state index is 16.1. The summed E-state index contributed by atoms with van der Waals surface area (Å²) in [6.07, 6.45) is 13.8. The van der Waals surface area contributed by atoms with Gasteiger partial charge >= 0.3 is 0 Å². The number of H-pyrrole nitrogens is 2. The zero-order valence-corrected chi connectivity index (χ0v) is 21.4. The quantitative estimate of drug-likeness (QED) is 0.233. The molecule has 6 heterocycles. The Kier molecular flexibility index (Phi) is 5.90. The molecule has 7 rings (SSSR count).